The van der Waals surface area contributed by atoms with Crippen molar-refractivity contribution in [1.29, 1.82) is 0 Å². The maximum absolute atomic E-state index is 11.5. The van der Waals surface area contributed by atoms with E-state index in [2.05, 4.69) is 10.6 Å². The summed E-state index contributed by atoms with van der Waals surface area (Å²) >= 11 is 0. The second-order valence-corrected chi connectivity index (χ2v) is 4.50. The Morgan fingerprint density at radius 1 is 1.29 bits per heavy atom. The molecule has 1 atom stereocenters. The summed E-state index contributed by atoms with van der Waals surface area (Å²) < 4.78 is 0. The van der Waals surface area contributed by atoms with E-state index in [1.54, 1.807) is 0 Å². The van der Waals surface area contributed by atoms with Crippen molar-refractivity contribution in [3.05, 3.63) is 0 Å². The van der Waals surface area contributed by atoms with Gasteiger partial charge in [0.2, 0.25) is 0 Å². The molecule has 0 heterocycles. The van der Waals surface area contributed by atoms with E-state index in [-0.39, 0.29) is 5.54 Å². The van der Waals surface area contributed by atoms with Crippen molar-refractivity contribution in [1.82, 2.24) is 10.6 Å². The van der Waals surface area contributed by atoms with E-state index in [9.17, 15) is 14.4 Å². The van der Waals surface area contributed by atoms with Crippen LogP contribution in [0.4, 0.5) is 4.79 Å². The summed E-state index contributed by atoms with van der Waals surface area (Å²) in [5, 5.41) is 22.0. The first-order valence-electron chi connectivity index (χ1n) is 5.36. The molecule has 0 aromatic carbocycles. The smallest absolute Gasteiger partial charge is 0.326 e. The van der Waals surface area contributed by atoms with Gasteiger partial charge in [-0.15, -0.1) is 0 Å². The Kier molecular flexibility index (Phi) is 3.93. The third-order valence-corrected chi connectivity index (χ3v) is 2.85. The van der Waals surface area contributed by atoms with Crippen LogP contribution in [-0.4, -0.2) is 39.8 Å². The number of urea groups is 1. The van der Waals surface area contributed by atoms with Gasteiger partial charge in [0.25, 0.3) is 0 Å². The van der Waals surface area contributed by atoms with Crippen molar-refractivity contribution >= 4 is 18.0 Å². The van der Waals surface area contributed by atoms with Gasteiger partial charge in [0.05, 0.1) is 6.42 Å². The van der Waals surface area contributed by atoms with Gasteiger partial charge in [0, 0.05) is 5.54 Å². The number of carboxylic acid groups (broad SMARTS) is 2. The molecule has 1 aliphatic carbocycles. The molecule has 1 saturated carbocycles. The highest BCUT2D eigenvalue weighted by molar-refractivity contribution is 5.86. The van der Waals surface area contributed by atoms with Crippen molar-refractivity contribution in [3.8, 4) is 0 Å². The first-order chi connectivity index (χ1) is 7.82. The molecule has 1 fully saturated rings. The van der Waals surface area contributed by atoms with Crippen molar-refractivity contribution in [2.45, 2.75) is 44.2 Å². The fourth-order valence-corrected chi connectivity index (χ4v) is 1.68. The second-order valence-electron chi connectivity index (χ2n) is 4.50. The van der Waals surface area contributed by atoms with Gasteiger partial charge in [-0.05, 0) is 26.2 Å². The van der Waals surface area contributed by atoms with Crippen LogP contribution in [0.5, 0.6) is 0 Å². The fraction of sp³-hybridized carbons (Fsp3) is 0.700. The van der Waals surface area contributed by atoms with Gasteiger partial charge in [-0.25, -0.2) is 9.59 Å². The Morgan fingerprint density at radius 3 is 2.24 bits per heavy atom. The van der Waals surface area contributed by atoms with Gasteiger partial charge < -0.3 is 20.8 Å². The summed E-state index contributed by atoms with van der Waals surface area (Å²) in [7, 11) is 0. The lowest BCUT2D eigenvalue weighted by molar-refractivity contribution is -0.145. The molecule has 0 saturated heterocycles. The molecular formula is C10H16N2O5. The summed E-state index contributed by atoms with van der Waals surface area (Å²) in [5.74, 6) is -2.63. The molecule has 1 unspecified atom stereocenters. The van der Waals surface area contributed by atoms with Crippen molar-refractivity contribution in [3.63, 3.8) is 0 Å². The third-order valence-electron chi connectivity index (χ3n) is 2.85. The monoisotopic (exact) mass is 244 g/mol. The number of nitrogens with one attached hydrogen (secondary N) is 2. The molecule has 0 aromatic rings. The van der Waals surface area contributed by atoms with E-state index in [1.165, 1.54) is 0 Å². The zero-order chi connectivity index (χ0) is 13.1. The van der Waals surface area contributed by atoms with Crippen LogP contribution in [0.15, 0.2) is 0 Å². The molecule has 0 aliphatic heterocycles. The van der Waals surface area contributed by atoms with Gasteiger partial charge in [-0.3, -0.25) is 4.79 Å². The molecular weight excluding hydrogens is 228 g/mol. The Hall–Kier alpha value is -1.79. The maximum atomic E-state index is 11.5. The minimum atomic E-state index is -1.41. The lowest BCUT2D eigenvalue weighted by Gasteiger charge is -2.39. The minimum absolute atomic E-state index is 0.295. The molecule has 0 radical (unpaired) electrons. The van der Waals surface area contributed by atoms with E-state index in [1.807, 2.05) is 6.92 Å². The second kappa shape index (κ2) is 5.03. The van der Waals surface area contributed by atoms with Crippen molar-refractivity contribution in [2.75, 3.05) is 0 Å². The number of amides is 2. The number of hydrogen-bond donors (Lipinski definition) is 4. The quantitative estimate of drug-likeness (QED) is 0.549. The Balaban J connectivity index is 2.46. The van der Waals surface area contributed by atoms with Gasteiger partial charge in [0.1, 0.15) is 6.04 Å². The number of hydrogen-bond acceptors (Lipinski definition) is 3. The summed E-state index contributed by atoms with van der Waals surface area (Å²) in [4.78, 5) is 32.6. The van der Waals surface area contributed by atoms with E-state index in [0.717, 1.165) is 19.3 Å². The van der Waals surface area contributed by atoms with Gasteiger partial charge in [0.15, 0.2) is 0 Å². The SMILES string of the molecule is CC1(NC(=O)NC(CC(=O)O)C(=O)O)CCC1. The van der Waals surface area contributed by atoms with Gasteiger partial charge in [-0.2, -0.15) is 0 Å². The molecule has 17 heavy (non-hydrogen) atoms. The van der Waals surface area contributed by atoms with Crippen LogP contribution in [0.25, 0.3) is 0 Å². The summed E-state index contributed by atoms with van der Waals surface area (Å²) in [6.07, 6.45) is 2.07. The van der Waals surface area contributed by atoms with Crippen LogP contribution >= 0.6 is 0 Å². The van der Waals surface area contributed by atoms with E-state index < -0.39 is 30.4 Å². The van der Waals surface area contributed by atoms with Gasteiger partial charge in [-0.1, -0.05) is 0 Å². The lowest BCUT2D eigenvalue weighted by Crippen LogP contribution is -2.57. The number of rotatable bonds is 5. The normalized spacial score (nSPS) is 18.6. The number of carbonyl (C=O) groups is 3. The van der Waals surface area contributed by atoms with Crippen molar-refractivity contribution < 1.29 is 24.6 Å². The molecule has 0 bridgehead atoms. The third kappa shape index (κ3) is 3.93. The van der Waals surface area contributed by atoms with Crippen molar-refractivity contribution in [2.24, 2.45) is 0 Å². The van der Waals surface area contributed by atoms with Crippen LogP contribution in [0, 0.1) is 0 Å². The average Bonchev–Trinajstić information content (AvgIpc) is 2.13. The van der Waals surface area contributed by atoms with Crippen LogP contribution in [0.1, 0.15) is 32.6 Å². The molecule has 96 valence electrons. The highest BCUT2D eigenvalue weighted by Gasteiger charge is 2.34. The highest BCUT2D eigenvalue weighted by Crippen LogP contribution is 2.30. The zero-order valence-corrected chi connectivity index (χ0v) is 9.52. The highest BCUT2D eigenvalue weighted by atomic mass is 16.4. The van der Waals surface area contributed by atoms with Crippen LogP contribution in [-0.2, 0) is 9.59 Å². The summed E-state index contributed by atoms with van der Waals surface area (Å²) in [5.41, 5.74) is -0.295. The molecule has 0 spiro atoms. The number of aliphatic carboxylic acids is 2. The average molecular weight is 244 g/mol. The largest absolute Gasteiger partial charge is 0.481 e. The molecule has 7 heteroatoms. The van der Waals surface area contributed by atoms with Crippen LogP contribution in [0.3, 0.4) is 0 Å². The van der Waals surface area contributed by atoms with E-state index in [4.69, 9.17) is 10.2 Å². The Bertz CT molecular complexity index is 338. The summed E-state index contributed by atoms with van der Waals surface area (Å²) in [6, 6.07) is -2.04. The molecule has 4 N–H and O–H groups in total. The van der Waals surface area contributed by atoms with Gasteiger partial charge >= 0.3 is 18.0 Å². The topological polar surface area (TPSA) is 116 Å². The predicted octanol–water partition coefficient (Wildman–Crippen LogP) is 0.156. The minimum Gasteiger partial charge on any atom is -0.481 e. The molecule has 1 rings (SSSR count). The maximum Gasteiger partial charge on any atom is 0.326 e. The molecule has 0 aromatic heterocycles. The standard InChI is InChI=1S/C10H16N2O5/c1-10(3-2-4-10)12-9(17)11-6(8(15)16)5-7(13)14/h6H,2-5H2,1H3,(H,13,14)(H,15,16)(H2,11,12,17). The number of carbonyl (C=O) groups excluding carboxylic acids is 1. The molecule has 2 amide bonds. The van der Waals surface area contributed by atoms with Crippen LogP contribution < -0.4 is 10.6 Å². The molecule has 7 nitrogen and oxygen atoms in total. The van der Waals surface area contributed by atoms with Crippen LogP contribution in [0.2, 0.25) is 0 Å². The first kappa shape index (κ1) is 13.3. The first-order valence-corrected chi connectivity index (χ1v) is 5.36. The fourth-order valence-electron chi connectivity index (χ4n) is 1.68. The van der Waals surface area contributed by atoms with E-state index in [0.29, 0.717) is 0 Å². The molecule has 1 aliphatic rings. The Labute approximate surface area is 98.2 Å². The Morgan fingerprint density at radius 2 is 1.88 bits per heavy atom. The predicted molar refractivity (Wildman–Crippen MR) is 57.6 cm³/mol. The lowest BCUT2D eigenvalue weighted by atomic mass is 9.79. The summed E-state index contributed by atoms with van der Waals surface area (Å²) in [6.45, 7) is 1.86. The number of carboxylic acids is 2. The zero-order valence-electron chi connectivity index (χ0n) is 9.52. The van der Waals surface area contributed by atoms with E-state index >= 15 is 0 Å².